The number of hydrogen-bond acceptors (Lipinski definition) is 5. The maximum atomic E-state index is 12.6. The van der Waals surface area contributed by atoms with Gasteiger partial charge in [-0.3, -0.25) is 19.8 Å². The number of hydrogen-bond donors (Lipinski definition) is 1. The van der Waals surface area contributed by atoms with E-state index in [2.05, 4.69) is 5.32 Å². The molecule has 0 saturated carbocycles. The molecule has 7 nitrogen and oxygen atoms in total. The highest BCUT2D eigenvalue weighted by molar-refractivity contribution is 6.42. The Balaban J connectivity index is 1.03. The molecule has 3 aliphatic heterocycles. The lowest BCUT2D eigenvalue weighted by atomic mass is 9.81. The Kier molecular flexibility index (Phi) is 7.59. The van der Waals surface area contributed by atoms with E-state index in [1.807, 2.05) is 0 Å². The largest absolute Gasteiger partial charge is 0.449 e. The number of rotatable bonds is 10. The number of carbonyl (C=O) groups excluding carboxylic acids is 3. The van der Waals surface area contributed by atoms with Gasteiger partial charge in [-0.2, -0.15) is 0 Å². The number of likely N-dealkylation sites (tertiary alicyclic amines) is 1. The molecule has 0 spiro atoms. The number of carbonyl (C=O) groups is 3. The maximum absolute atomic E-state index is 12.6. The van der Waals surface area contributed by atoms with E-state index in [-0.39, 0.29) is 35.9 Å². The van der Waals surface area contributed by atoms with Crippen LogP contribution < -0.4 is 5.32 Å². The minimum atomic E-state index is -0.521. The number of unbranched alkanes of at least 4 members (excludes halogenated alkanes) is 5. The lowest BCUT2D eigenvalue weighted by Crippen LogP contribution is -2.35. The van der Waals surface area contributed by atoms with Crippen LogP contribution in [0.15, 0.2) is 18.2 Å². The minimum Gasteiger partial charge on any atom is -0.449 e. The molecule has 0 aliphatic carbocycles. The number of nitrogens with one attached hydrogen (secondary N) is 1. The van der Waals surface area contributed by atoms with Crippen LogP contribution in [0.1, 0.15) is 51.4 Å². The van der Waals surface area contributed by atoms with E-state index < -0.39 is 6.09 Å². The van der Waals surface area contributed by atoms with Crippen molar-refractivity contribution in [3.05, 3.63) is 28.2 Å². The van der Waals surface area contributed by atoms with Crippen LogP contribution in [0.2, 0.25) is 10.0 Å². The number of ether oxygens (including phenoxy) is 2. The van der Waals surface area contributed by atoms with Crippen molar-refractivity contribution in [3.63, 3.8) is 0 Å². The topological polar surface area (TPSA) is 84.9 Å². The molecule has 1 aromatic carbocycles. The fourth-order valence-corrected chi connectivity index (χ4v) is 5.26. The molecule has 4 unspecified atom stereocenters. The molecule has 2 bridgehead atoms. The fraction of sp³-hybridized carbons (Fsp3) is 0.609. The molecule has 9 heteroatoms. The van der Waals surface area contributed by atoms with Crippen LogP contribution in [0.4, 0.5) is 10.5 Å². The summed E-state index contributed by atoms with van der Waals surface area (Å²) >= 11 is 11.8. The van der Waals surface area contributed by atoms with Crippen molar-refractivity contribution in [1.29, 1.82) is 0 Å². The van der Waals surface area contributed by atoms with Crippen LogP contribution in [0.25, 0.3) is 0 Å². The molecule has 0 aromatic heterocycles. The lowest BCUT2D eigenvalue weighted by Gasteiger charge is -2.17. The predicted octanol–water partition coefficient (Wildman–Crippen LogP) is 5.04. The van der Waals surface area contributed by atoms with Crippen molar-refractivity contribution >= 4 is 46.8 Å². The summed E-state index contributed by atoms with van der Waals surface area (Å²) in [5, 5.41) is 3.41. The zero-order valence-corrected chi connectivity index (χ0v) is 19.4. The molecule has 1 aromatic rings. The van der Waals surface area contributed by atoms with Gasteiger partial charge in [-0.25, -0.2) is 4.79 Å². The highest BCUT2D eigenvalue weighted by Crippen LogP contribution is 2.48. The van der Waals surface area contributed by atoms with Crippen molar-refractivity contribution in [2.24, 2.45) is 11.8 Å². The lowest BCUT2D eigenvalue weighted by molar-refractivity contribution is -0.142. The Morgan fingerprint density at radius 3 is 2.25 bits per heavy atom. The summed E-state index contributed by atoms with van der Waals surface area (Å²) in [4.78, 5) is 38.5. The van der Waals surface area contributed by atoms with Gasteiger partial charge in [0.15, 0.2) is 0 Å². The SMILES string of the molecule is O=C(Nc1ccc(Cl)c(Cl)c1)OCCCCCCCCN1C(=O)C2C3CCC(O3)C2C1=O. The second-order valence-electron chi connectivity index (χ2n) is 8.68. The molecule has 1 N–H and O–H groups in total. The van der Waals surface area contributed by atoms with Crippen LogP contribution in [0.5, 0.6) is 0 Å². The van der Waals surface area contributed by atoms with Crippen LogP contribution in [0.3, 0.4) is 0 Å². The fourth-order valence-electron chi connectivity index (χ4n) is 4.97. The van der Waals surface area contributed by atoms with Gasteiger partial charge in [-0.1, -0.05) is 48.9 Å². The molecule has 3 heterocycles. The highest BCUT2D eigenvalue weighted by Gasteiger charge is 2.62. The Hall–Kier alpha value is -1.83. The van der Waals surface area contributed by atoms with E-state index in [0.717, 1.165) is 51.4 Å². The zero-order valence-electron chi connectivity index (χ0n) is 17.9. The summed E-state index contributed by atoms with van der Waals surface area (Å²) in [5.41, 5.74) is 0.531. The third kappa shape index (κ3) is 5.05. The highest BCUT2D eigenvalue weighted by atomic mass is 35.5. The van der Waals surface area contributed by atoms with Gasteiger partial charge in [0, 0.05) is 12.2 Å². The molecular formula is C23H28Cl2N2O5. The Morgan fingerprint density at radius 1 is 0.969 bits per heavy atom. The standard InChI is InChI=1S/C23H28Cl2N2O5/c24-15-8-7-14(13-16(15)25)26-23(30)31-12-6-4-2-1-3-5-11-27-21(28)19-17-9-10-18(32-17)20(19)22(27)29/h7-8,13,17-20H,1-6,9-12H2,(H,26,30). The van der Waals surface area contributed by atoms with Crippen molar-refractivity contribution < 1.29 is 23.9 Å². The van der Waals surface area contributed by atoms with Gasteiger partial charge in [0.25, 0.3) is 0 Å². The monoisotopic (exact) mass is 482 g/mol. The first-order chi connectivity index (χ1) is 15.5. The Bertz CT molecular complexity index is 852. The summed E-state index contributed by atoms with van der Waals surface area (Å²) in [6.45, 7) is 0.860. The van der Waals surface area contributed by atoms with Gasteiger partial charge < -0.3 is 9.47 Å². The average Bonchev–Trinajstić information content (AvgIpc) is 3.44. The third-order valence-electron chi connectivity index (χ3n) is 6.55. The molecule has 3 amide bonds. The second kappa shape index (κ2) is 10.4. The first kappa shape index (κ1) is 23.3. The smallest absolute Gasteiger partial charge is 0.411 e. The van der Waals surface area contributed by atoms with E-state index in [4.69, 9.17) is 32.7 Å². The van der Waals surface area contributed by atoms with Crippen molar-refractivity contribution in [2.45, 2.75) is 63.6 Å². The summed E-state index contributed by atoms with van der Waals surface area (Å²) in [7, 11) is 0. The van der Waals surface area contributed by atoms with E-state index in [1.54, 1.807) is 18.2 Å². The van der Waals surface area contributed by atoms with Crippen molar-refractivity contribution in [3.8, 4) is 0 Å². The van der Waals surface area contributed by atoms with E-state index in [1.165, 1.54) is 4.90 Å². The molecule has 32 heavy (non-hydrogen) atoms. The number of fused-ring (bicyclic) bond motifs is 5. The van der Waals surface area contributed by atoms with Crippen LogP contribution in [0, 0.1) is 11.8 Å². The number of halogens is 2. The number of anilines is 1. The average molecular weight is 483 g/mol. The summed E-state index contributed by atoms with van der Waals surface area (Å²) in [5.74, 6) is -0.503. The number of imide groups is 1. The van der Waals surface area contributed by atoms with E-state index in [0.29, 0.717) is 28.9 Å². The Labute approximate surface area is 197 Å². The van der Waals surface area contributed by atoms with Crippen LogP contribution >= 0.6 is 23.2 Å². The quantitative estimate of drug-likeness (QED) is 0.372. The van der Waals surface area contributed by atoms with Gasteiger partial charge >= 0.3 is 6.09 Å². The van der Waals surface area contributed by atoms with Crippen molar-refractivity contribution in [2.75, 3.05) is 18.5 Å². The summed E-state index contributed by atoms with van der Waals surface area (Å²) in [6, 6.07) is 4.83. The molecule has 4 rings (SSSR count). The molecule has 174 valence electrons. The molecule has 4 atom stereocenters. The molecule has 3 saturated heterocycles. The van der Waals surface area contributed by atoms with Gasteiger partial charge in [0.05, 0.1) is 40.7 Å². The first-order valence-corrected chi connectivity index (χ1v) is 12.1. The molecule has 3 fully saturated rings. The second-order valence-corrected chi connectivity index (χ2v) is 9.50. The maximum Gasteiger partial charge on any atom is 0.411 e. The normalized spacial score (nSPS) is 26.0. The Morgan fingerprint density at radius 2 is 1.59 bits per heavy atom. The van der Waals surface area contributed by atoms with Gasteiger partial charge in [0.2, 0.25) is 11.8 Å². The van der Waals surface area contributed by atoms with Gasteiger partial charge in [-0.15, -0.1) is 0 Å². The third-order valence-corrected chi connectivity index (χ3v) is 7.29. The van der Waals surface area contributed by atoms with Crippen LogP contribution in [-0.2, 0) is 19.1 Å². The van der Waals surface area contributed by atoms with Gasteiger partial charge in [-0.05, 0) is 43.9 Å². The molecule has 0 radical (unpaired) electrons. The summed E-state index contributed by atoms with van der Waals surface area (Å²) in [6.07, 6.45) is 6.77. The molecule has 3 aliphatic rings. The van der Waals surface area contributed by atoms with Gasteiger partial charge in [0.1, 0.15) is 0 Å². The number of nitrogens with zero attached hydrogens (tertiary/aromatic N) is 1. The first-order valence-electron chi connectivity index (χ1n) is 11.3. The van der Waals surface area contributed by atoms with Crippen molar-refractivity contribution in [1.82, 2.24) is 4.90 Å². The number of benzene rings is 1. The minimum absolute atomic E-state index is 0.0245. The van der Waals surface area contributed by atoms with Crippen LogP contribution in [-0.4, -0.2) is 48.2 Å². The van der Waals surface area contributed by atoms with E-state index >= 15 is 0 Å². The van der Waals surface area contributed by atoms with E-state index in [9.17, 15) is 14.4 Å². The predicted molar refractivity (Wildman–Crippen MR) is 121 cm³/mol. The summed E-state index contributed by atoms with van der Waals surface area (Å²) < 4.78 is 10.9. The molecular weight excluding hydrogens is 455 g/mol. The number of amides is 3. The zero-order chi connectivity index (χ0) is 22.7.